The van der Waals surface area contributed by atoms with Crippen molar-refractivity contribution in [2.45, 2.75) is 51.9 Å². The van der Waals surface area contributed by atoms with Gasteiger partial charge < -0.3 is 10.2 Å². The Morgan fingerprint density at radius 3 is 2.00 bits per heavy atom. The van der Waals surface area contributed by atoms with Crippen molar-refractivity contribution in [1.82, 2.24) is 0 Å². The summed E-state index contributed by atoms with van der Waals surface area (Å²) >= 11 is 0. The summed E-state index contributed by atoms with van der Waals surface area (Å²) in [5.41, 5.74) is 0. The lowest BCUT2D eigenvalue weighted by Gasteiger charge is -1.97. The average molecular weight is 252 g/mol. The van der Waals surface area contributed by atoms with Crippen LogP contribution in [0.4, 0.5) is 0 Å². The molecule has 1 rings (SSSR count). The van der Waals surface area contributed by atoms with Gasteiger partial charge in [0.25, 0.3) is 0 Å². The molecule has 0 saturated carbocycles. The molecule has 0 unspecified atom stereocenters. The minimum absolute atomic E-state index is 0.322. The van der Waals surface area contributed by atoms with Gasteiger partial charge in [0.2, 0.25) is 0 Å². The third-order valence-corrected chi connectivity index (χ3v) is 2.50. The summed E-state index contributed by atoms with van der Waals surface area (Å²) in [6.45, 7) is 2.18. The van der Waals surface area contributed by atoms with E-state index in [9.17, 15) is 4.79 Å². The predicted octanol–water partition coefficient (Wildman–Crippen LogP) is 4.21. The summed E-state index contributed by atoms with van der Waals surface area (Å²) in [4.78, 5) is 10.1. The van der Waals surface area contributed by atoms with Crippen LogP contribution in [0.25, 0.3) is 0 Å². The molecule has 102 valence electrons. The van der Waals surface area contributed by atoms with Crippen LogP contribution in [0.5, 0.6) is 5.75 Å². The molecule has 2 N–H and O–H groups in total. The van der Waals surface area contributed by atoms with Gasteiger partial charge in [-0.2, -0.15) is 0 Å². The standard InChI is InChI=1S/C9H18O2.C6H6O/c1-2-3-4-5-6-7-8-9(10)11;7-6-4-2-1-3-5-6/h2-8H2,1H3,(H,10,11);1-5,7H. The lowest BCUT2D eigenvalue weighted by Crippen LogP contribution is -1.93. The van der Waals surface area contributed by atoms with Crippen LogP contribution in [0, 0.1) is 0 Å². The maximum atomic E-state index is 10.1. The summed E-state index contributed by atoms with van der Waals surface area (Å²) in [5, 5.41) is 16.9. The third kappa shape index (κ3) is 12.6. The minimum Gasteiger partial charge on any atom is -0.508 e. The SMILES string of the molecule is CCCCCCCCC(=O)O.Oc1ccccc1. The van der Waals surface area contributed by atoms with Crippen molar-refractivity contribution >= 4 is 5.97 Å². The van der Waals surface area contributed by atoms with Gasteiger partial charge in [0.1, 0.15) is 5.75 Å². The van der Waals surface area contributed by atoms with Gasteiger partial charge in [0, 0.05) is 6.42 Å². The molecular formula is C15H24O3. The molecule has 1 aromatic rings. The Hall–Kier alpha value is -1.51. The number of carboxylic acid groups (broad SMARTS) is 1. The molecule has 0 saturated heterocycles. The van der Waals surface area contributed by atoms with Gasteiger partial charge in [0.15, 0.2) is 0 Å². The van der Waals surface area contributed by atoms with E-state index in [1.165, 1.54) is 25.7 Å². The fraction of sp³-hybridized carbons (Fsp3) is 0.533. The van der Waals surface area contributed by atoms with E-state index in [1.807, 2.05) is 6.07 Å². The van der Waals surface area contributed by atoms with Crippen molar-refractivity contribution in [1.29, 1.82) is 0 Å². The zero-order valence-electron chi connectivity index (χ0n) is 11.1. The van der Waals surface area contributed by atoms with Gasteiger partial charge in [-0.15, -0.1) is 0 Å². The molecule has 18 heavy (non-hydrogen) atoms. The normalized spacial score (nSPS) is 9.39. The molecule has 0 radical (unpaired) electrons. The van der Waals surface area contributed by atoms with E-state index in [2.05, 4.69) is 6.92 Å². The fourth-order valence-corrected chi connectivity index (χ4v) is 1.48. The van der Waals surface area contributed by atoms with Crippen LogP contribution < -0.4 is 0 Å². The molecule has 0 heterocycles. The lowest BCUT2D eigenvalue weighted by molar-refractivity contribution is -0.137. The first-order valence-electron chi connectivity index (χ1n) is 6.62. The van der Waals surface area contributed by atoms with E-state index >= 15 is 0 Å². The van der Waals surface area contributed by atoms with Crippen molar-refractivity contribution < 1.29 is 15.0 Å². The Labute approximate surface area is 109 Å². The van der Waals surface area contributed by atoms with E-state index in [0.717, 1.165) is 12.8 Å². The van der Waals surface area contributed by atoms with Crippen molar-refractivity contribution in [2.24, 2.45) is 0 Å². The number of hydrogen-bond donors (Lipinski definition) is 2. The molecule has 0 spiro atoms. The van der Waals surface area contributed by atoms with E-state index in [1.54, 1.807) is 24.3 Å². The highest BCUT2D eigenvalue weighted by Crippen LogP contribution is 2.06. The highest BCUT2D eigenvalue weighted by molar-refractivity contribution is 5.66. The third-order valence-electron chi connectivity index (χ3n) is 2.50. The first-order valence-corrected chi connectivity index (χ1v) is 6.62. The molecule has 0 aliphatic heterocycles. The average Bonchev–Trinajstić information content (AvgIpc) is 2.35. The van der Waals surface area contributed by atoms with Crippen LogP contribution in [0.15, 0.2) is 30.3 Å². The van der Waals surface area contributed by atoms with Crippen molar-refractivity contribution in [3.8, 4) is 5.75 Å². The molecule has 0 bridgehead atoms. The fourth-order valence-electron chi connectivity index (χ4n) is 1.48. The summed E-state index contributed by atoms with van der Waals surface area (Å²) in [7, 11) is 0. The maximum Gasteiger partial charge on any atom is 0.303 e. The van der Waals surface area contributed by atoms with E-state index in [0.29, 0.717) is 12.2 Å². The molecule has 0 aliphatic carbocycles. The van der Waals surface area contributed by atoms with Crippen molar-refractivity contribution in [2.75, 3.05) is 0 Å². The summed E-state index contributed by atoms with van der Waals surface area (Å²) < 4.78 is 0. The molecule has 1 aromatic carbocycles. The van der Waals surface area contributed by atoms with E-state index in [4.69, 9.17) is 10.2 Å². The van der Waals surface area contributed by atoms with Gasteiger partial charge in [-0.25, -0.2) is 0 Å². The number of aromatic hydroxyl groups is 1. The van der Waals surface area contributed by atoms with E-state index in [-0.39, 0.29) is 0 Å². The number of hydrogen-bond acceptors (Lipinski definition) is 2. The van der Waals surface area contributed by atoms with Crippen LogP contribution in [0.1, 0.15) is 51.9 Å². The number of carboxylic acids is 1. The predicted molar refractivity (Wildman–Crippen MR) is 73.7 cm³/mol. The van der Waals surface area contributed by atoms with Gasteiger partial charge in [-0.05, 0) is 18.6 Å². The zero-order valence-corrected chi connectivity index (χ0v) is 11.1. The molecule has 0 aliphatic rings. The molecule has 3 heteroatoms. The van der Waals surface area contributed by atoms with Crippen molar-refractivity contribution in [3.05, 3.63) is 30.3 Å². The Morgan fingerprint density at radius 2 is 1.56 bits per heavy atom. The summed E-state index contributed by atoms with van der Waals surface area (Å²) in [6.07, 6.45) is 7.25. The first-order chi connectivity index (χ1) is 8.66. The second kappa shape index (κ2) is 12.0. The number of benzene rings is 1. The highest BCUT2D eigenvalue weighted by atomic mass is 16.4. The molecule has 0 aromatic heterocycles. The highest BCUT2D eigenvalue weighted by Gasteiger charge is 1.95. The van der Waals surface area contributed by atoms with Gasteiger partial charge in [-0.3, -0.25) is 4.79 Å². The quantitative estimate of drug-likeness (QED) is 0.714. The second-order valence-electron chi connectivity index (χ2n) is 4.25. The van der Waals surface area contributed by atoms with Crippen molar-refractivity contribution in [3.63, 3.8) is 0 Å². The Kier molecular flexibility index (Phi) is 11.0. The summed E-state index contributed by atoms with van der Waals surface area (Å²) in [5.74, 6) is -0.344. The van der Waals surface area contributed by atoms with Crippen LogP contribution >= 0.6 is 0 Å². The molecule has 0 atom stereocenters. The number of rotatable bonds is 7. The Morgan fingerprint density at radius 1 is 1.00 bits per heavy atom. The van der Waals surface area contributed by atoms with Gasteiger partial charge in [0.05, 0.1) is 0 Å². The zero-order chi connectivity index (χ0) is 13.6. The van der Waals surface area contributed by atoms with Crippen LogP contribution in [0.2, 0.25) is 0 Å². The van der Waals surface area contributed by atoms with Gasteiger partial charge in [-0.1, -0.05) is 57.2 Å². The number of phenolic OH excluding ortho intramolecular Hbond substituents is 1. The number of unbranched alkanes of at least 4 members (excludes halogenated alkanes) is 5. The van der Waals surface area contributed by atoms with Gasteiger partial charge >= 0.3 is 5.97 Å². The number of aliphatic carboxylic acids is 1. The Bertz CT molecular complexity index is 296. The second-order valence-corrected chi connectivity index (χ2v) is 4.25. The van der Waals surface area contributed by atoms with E-state index < -0.39 is 5.97 Å². The Balaban J connectivity index is 0.000000351. The number of phenols is 1. The molecule has 0 amide bonds. The molecule has 3 nitrogen and oxygen atoms in total. The maximum absolute atomic E-state index is 10.1. The smallest absolute Gasteiger partial charge is 0.303 e. The minimum atomic E-state index is -0.666. The number of carbonyl (C=O) groups is 1. The topological polar surface area (TPSA) is 57.5 Å². The number of para-hydroxylation sites is 1. The molecular weight excluding hydrogens is 228 g/mol. The monoisotopic (exact) mass is 252 g/mol. The largest absolute Gasteiger partial charge is 0.508 e. The van der Waals surface area contributed by atoms with Crippen LogP contribution in [-0.2, 0) is 4.79 Å². The first kappa shape index (κ1) is 16.5. The van der Waals surface area contributed by atoms with Crippen LogP contribution in [-0.4, -0.2) is 16.2 Å². The lowest BCUT2D eigenvalue weighted by atomic mass is 10.1. The van der Waals surface area contributed by atoms with Crippen LogP contribution in [0.3, 0.4) is 0 Å². The summed E-state index contributed by atoms with van der Waals surface area (Å²) in [6, 6.07) is 8.71. The molecule has 0 fully saturated rings.